The Morgan fingerprint density at radius 2 is 2.15 bits per heavy atom. The number of aromatic nitrogens is 1. The Bertz CT molecular complexity index is 378. The number of hydrogen-bond donors (Lipinski definition) is 1. The second-order valence-corrected chi connectivity index (χ2v) is 7.05. The Morgan fingerprint density at radius 1 is 1.35 bits per heavy atom. The Hall–Kier alpha value is -0.450. The fourth-order valence-electron chi connectivity index (χ4n) is 3.96. The summed E-state index contributed by atoms with van der Waals surface area (Å²) in [5.74, 6) is 0. The average molecular weight is 293 g/mol. The van der Waals surface area contributed by atoms with Crippen molar-refractivity contribution in [3.63, 3.8) is 0 Å². The minimum atomic E-state index is 0.765. The van der Waals surface area contributed by atoms with E-state index in [0.717, 1.165) is 24.5 Å². The van der Waals surface area contributed by atoms with E-state index in [2.05, 4.69) is 27.5 Å². The van der Waals surface area contributed by atoms with E-state index in [9.17, 15) is 0 Å². The normalized spacial score (nSPS) is 30.6. The van der Waals surface area contributed by atoms with Crippen LogP contribution < -0.4 is 5.32 Å². The highest BCUT2D eigenvalue weighted by molar-refractivity contribution is 7.07. The van der Waals surface area contributed by atoms with E-state index >= 15 is 0 Å². The number of nitrogens with zero attached hydrogens (tertiary/aromatic N) is 2. The molecule has 2 bridgehead atoms. The molecule has 1 aromatic heterocycles. The average Bonchev–Trinajstić information content (AvgIpc) is 2.95. The fraction of sp³-hybridized carbons (Fsp3) is 0.812. The van der Waals surface area contributed by atoms with Crippen LogP contribution in [0, 0.1) is 0 Å². The van der Waals surface area contributed by atoms with E-state index in [1.807, 2.05) is 5.51 Å². The molecule has 112 valence electrons. The third-order valence-electron chi connectivity index (χ3n) is 4.92. The highest BCUT2D eigenvalue weighted by Gasteiger charge is 2.37. The molecule has 1 N–H and O–H groups in total. The van der Waals surface area contributed by atoms with Crippen LogP contribution in [0.2, 0.25) is 0 Å². The van der Waals surface area contributed by atoms with Crippen LogP contribution in [0.5, 0.6) is 0 Å². The molecule has 20 heavy (non-hydrogen) atoms. The molecule has 3 heterocycles. The van der Waals surface area contributed by atoms with Crippen molar-refractivity contribution in [3.8, 4) is 0 Å². The molecule has 2 saturated heterocycles. The molecule has 2 unspecified atom stereocenters. The number of thiazole rings is 1. The maximum Gasteiger partial charge on any atom is 0.0794 e. The second kappa shape index (κ2) is 7.01. The molecule has 4 heteroatoms. The van der Waals surface area contributed by atoms with E-state index in [-0.39, 0.29) is 0 Å². The Kier molecular flexibility index (Phi) is 5.08. The smallest absolute Gasteiger partial charge is 0.0794 e. The summed E-state index contributed by atoms with van der Waals surface area (Å²) >= 11 is 1.72. The maximum atomic E-state index is 4.43. The van der Waals surface area contributed by atoms with Crippen LogP contribution in [-0.2, 0) is 6.42 Å². The van der Waals surface area contributed by atoms with E-state index in [1.165, 1.54) is 57.3 Å². The zero-order valence-corrected chi connectivity index (χ0v) is 13.4. The van der Waals surface area contributed by atoms with Gasteiger partial charge in [-0.25, -0.2) is 4.98 Å². The predicted molar refractivity (Wildman–Crippen MR) is 85.3 cm³/mol. The lowest BCUT2D eigenvalue weighted by atomic mass is 9.81. The van der Waals surface area contributed by atoms with Gasteiger partial charge in [-0.1, -0.05) is 13.3 Å². The van der Waals surface area contributed by atoms with E-state index < -0.39 is 0 Å². The molecule has 3 nitrogen and oxygen atoms in total. The van der Waals surface area contributed by atoms with Gasteiger partial charge in [-0.15, -0.1) is 11.3 Å². The molecule has 0 spiro atoms. The van der Waals surface area contributed by atoms with Crippen LogP contribution in [0.1, 0.15) is 51.1 Å². The van der Waals surface area contributed by atoms with Crippen molar-refractivity contribution >= 4 is 11.3 Å². The minimum absolute atomic E-state index is 0.765. The van der Waals surface area contributed by atoms with Gasteiger partial charge >= 0.3 is 0 Å². The molecule has 2 aliphatic heterocycles. The quantitative estimate of drug-likeness (QED) is 0.873. The first-order valence-electron chi connectivity index (χ1n) is 8.23. The lowest BCUT2D eigenvalue weighted by molar-refractivity contribution is 0.0255. The van der Waals surface area contributed by atoms with Gasteiger partial charge in [0, 0.05) is 36.5 Å². The summed E-state index contributed by atoms with van der Waals surface area (Å²) in [4.78, 5) is 7.23. The first-order valence-corrected chi connectivity index (χ1v) is 9.17. The van der Waals surface area contributed by atoms with Crippen LogP contribution in [0.3, 0.4) is 0 Å². The van der Waals surface area contributed by atoms with Crippen molar-refractivity contribution in [2.45, 2.75) is 70.0 Å². The first-order chi connectivity index (χ1) is 9.86. The SMILES string of the molecule is CCCNC1CC2CCCC(C1)N2CCc1cscn1. The van der Waals surface area contributed by atoms with Crippen molar-refractivity contribution in [3.05, 3.63) is 16.6 Å². The summed E-state index contributed by atoms with van der Waals surface area (Å²) in [5, 5.41) is 5.95. The summed E-state index contributed by atoms with van der Waals surface area (Å²) < 4.78 is 0. The Balaban J connectivity index is 1.55. The van der Waals surface area contributed by atoms with Gasteiger partial charge in [0.2, 0.25) is 0 Å². The van der Waals surface area contributed by atoms with Crippen molar-refractivity contribution in [1.82, 2.24) is 15.2 Å². The van der Waals surface area contributed by atoms with Crippen molar-refractivity contribution in [2.24, 2.45) is 0 Å². The molecule has 0 aromatic carbocycles. The van der Waals surface area contributed by atoms with Crippen molar-refractivity contribution in [1.29, 1.82) is 0 Å². The van der Waals surface area contributed by atoms with E-state index in [4.69, 9.17) is 0 Å². The van der Waals surface area contributed by atoms with Gasteiger partial charge in [-0.2, -0.15) is 0 Å². The number of hydrogen-bond acceptors (Lipinski definition) is 4. The summed E-state index contributed by atoms with van der Waals surface area (Å²) in [5.41, 5.74) is 3.23. The largest absolute Gasteiger partial charge is 0.314 e. The molecule has 3 rings (SSSR count). The van der Waals surface area contributed by atoms with Crippen molar-refractivity contribution in [2.75, 3.05) is 13.1 Å². The molecular weight excluding hydrogens is 266 g/mol. The number of fused-ring (bicyclic) bond motifs is 2. The maximum absolute atomic E-state index is 4.43. The molecule has 0 aliphatic carbocycles. The highest BCUT2D eigenvalue weighted by Crippen LogP contribution is 2.34. The highest BCUT2D eigenvalue weighted by atomic mass is 32.1. The van der Waals surface area contributed by atoms with Crippen LogP contribution in [0.25, 0.3) is 0 Å². The van der Waals surface area contributed by atoms with Crippen LogP contribution in [0.4, 0.5) is 0 Å². The third-order valence-corrected chi connectivity index (χ3v) is 5.55. The molecule has 2 aliphatic rings. The number of rotatable bonds is 6. The number of nitrogens with one attached hydrogen (secondary N) is 1. The second-order valence-electron chi connectivity index (χ2n) is 6.33. The fourth-order valence-corrected chi connectivity index (χ4v) is 4.56. The Morgan fingerprint density at radius 3 is 2.80 bits per heavy atom. The summed E-state index contributed by atoms with van der Waals surface area (Å²) in [6.07, 6.45) is 9.32. The molecule has 0 amide bonds. The Labute approximate surface area is 126 Å². The number of piperidine rings is 2. The van der Waals surface area contributed by atoms with Gasteiger partial charge < -0.3 is 5.32 Å². The summed E-state index contributed by atoms with van der Waals surface area (Å²) in [6, 6.07) is 2.40. The van der Waals surface area contributed by atoms with E-state index in [0.29, 0.717) is 0 Å². The molecule has 0 saturated carbocycles. The van der Waals surface area contributed by atoms with Gasteiger partial charge in [-0.05, 0) is 38.6 Å². The van der Waals surface area contributed by atoms with Gasteiger partial charge in [0.15, 0.2) is 0 Å². The van der Waals surface area contributed by atoms with Crippen LogP contribution in [-0.4, -0.2) is 41.1 Å². The molecule has 1 aromatic rings. The van der Waals surface area contributed by atoms with Gasteiger partial charge in [0.05, 0.1) is 11.2 Å². The van der Waals surface area contributed by atoms with Crippen LogP contribution in [0.15, 0.2) is 10.9 Å². The predicted octanol–water partition coefficient (Wildman–Crippen LogP) is 3.07. The summed E-state index contributed by atoms with van der Waals surface area (Å²) in [7, 11) is 0. The molecule has 0 radical (unpaired) electrons. The molecule has 2 fully saturated rings. The lowest BCUT2D eigenvalue weighted by Crippen LogP contribution is -2.56. The van der Waals surface area contributed by atoms with Gasteiger partial charge in [0.1, 0.15) is 0 Å². The zero-order chi connectivity index (χ0) is 13.8. The standard InChI is InChI=1S/C16H27N3S/c1-2-7-17-14-9-15-4-3-5-16(10-14)19(15)8-6-13-11-20-12-18-13/h11-12,14-17H,2-10H2,1H3. The van der Waals surface area contributed by atoms with E-state index in [1.54, 1.807) is 11.3 Å². The van der Waals surface area contributed by atoms with Gasteiger partial charge in [0.25, 0.3) is 0 Å². The lowest BCUT2D eigenvalue weighted by Gasteiger charge is -2.49. The van der Waals surface area contributed by atoms with Crippen LogP contribution >= 0.6 is 11.3 Å². The van der Waals surface area contributed by atoms with Gasteiger partial charge in [-0.3, -0.25) is 4.90 Å². The van der Waals surface area contributed by atoms with Crippen molar-refractivity contribution < 1.29 is 0 Å². The topological polar surface area (TPSA) is 28.2 Å². The minimum Gasteiger partial charge on any atom is -0.314 e. The zero-order valence-electron chi connectivity index (χ0n) is 12.6. The molecular formula is C16H27N3S. The monoisotopic (exact) mass is 293 g/mol. The first kappa shape index (κ1) is 14.5. The molecule has 2 atom stereocenters. The summed E-state index contributed by atoms with van der Waals surface area (Å²) in [6.45, 7) is 4.65. The third kappa shape index (κ3) is 3.41.